The fourth-order valence-corrected chi connectivity index (χ4v) is 2.46. The number of halogens is 1. The number of aromatic nitrogens is 1. The third-order valence-electron chi connectivity index (χ3n) is 3.41. The van der Waals surface area contributed by atoms with Crippen LogP contribution >= 0.6 is 11.6 Å². The van der Waals surface area contributed by atoms with Crippen LogP contribution < -0.4 is 5.32 Å². The molecule has 116 valence electrons. The molecule has 2 aromatic rings. The molecule has 22 heavy (non-hydrogen) atoms. The van der Waals surface area contributed by atoms with E-state index in [1.807, 2.05) is 56.3 Å². The van der Waals surface area contributed by atoms with Crippen LogP contribution in [-0.4, -0.2) is 17.4 Å². The summed E-state index contributed by atoms with van der Waals surface area (Å²) in [5.41, 5.74) is 2.03. The molecule has 1 aromatic carbocycles. The van der Waals surface area contributed by atoms with E-state index in [1.54, 1.807) is 6.20 Å². The first-order valence-corrected chi connectivity index (χ1v) is 7.87. The SMILES string of the molecule is CC(C)CC(=O)NCC(c1ccc(Cl)cc1)c1ccccn1. The van der Waals surface area contributed by atoms with Gasteiger partial charge < -0.3 is 5.32 Å². The Bertz CT molecular complexity index is 596. The Morgan fingerprint density at radius 3 is 2.50 bits per heavy atom. The highest BCUT2D eigenvalue weighted by atomic mass is 35.5. The molecule has 0 saturated carbocycles. The van der Waals surface area contributed by atoms with E-state index in [2.05, 4.69) is 10.3 Å². The molecule has 1 amide bonds. The van der Waals surface area contributed by atoms with Crippen molar-refractivity contribution in [3.05, 3.63) is 64.9 Å². The molecule has 0 aliphatic rings. The zero-order valence-electron chi connectivity index (χ0n) is 12.9. The Kier molecular flexibility index (Phi) is 5.96. The van der Waals surface area contributed by atoms with Crippen molar-refractivity contribution < 1.29 is 4.79 Å². The van der Waals surface area contributed by atoms with Gasteiger partial charge >= 0.3 is 0 Å². The second-order valence-corrected chi connectivity index (χ2v) is 6.20. The predicted molar refractivity (Wildman–Crippen MR) is 90.0 cm³/mol. The number of carbonyl (C=O) groups is 1. The molecule has 1 N–H and O–H groups in total. The van der Waals surface area contributed by atoms with Crippen molar-refractivity contribution in [2.75, 3.05) is 6.54 Å². The van der Waals surface area contributed by atoms with E-state index in [0.717, 1.165) is 11.3 Å². The highest BCUT2D eigenvalue weighted by molar-refractivity contribution is 6.30. The molecule has 1 unspecified atom stereocenters. The zero-order chi connectivity index (χ0) is 15.9. The Balaban J connectivity index is 2.16. The maximum absolute atomic E-state index is 11.9. The number of amides is 1. The second kappa shape index (κ2) is 7.95. The lowest BCUT2D eigenvalue weighted by atomic mass is 9.95. The Labute approximate surface area is 136 Å². The van der Waals surface area contributed by atoms with Gasteiger partial charge in [-0.2, -0.15) is 0 Å². The normalized spacial score (nSPS) is 12.2. The lowest BCUT2D eigenvalue weighted by molar-refractivity contribution is -0.121. The molecule has 4 heteroatoms. The number of nitrogens with zero attached hydrogens (tertiary/aromatic N) is 1. The van der Waals surface area contributed by atoms with E-state index in [1.165, 1.54) is 0 Å². The number of benzene rings is 1. The quantitative estimate of drug-likeness (QED) is 0.874. The fraction of sp³-hybridized carbons (Fsp3) is 0.333. The highest BCUT2D eigenvalue weighted by Crippen LogP contribution is 2.23. The Hall–Kier alpha value is -1.87. The van der Waals surface area contributed by atoms with Gasteiger partial charge in [-0.05, 0) is 35.7 Å². The molecule has 0 aliphatic heterocycles. The van der Waals surface area contributed by atoms with Crippen molar-refractivity contribution in [1.82, 2.24) is 10.3 Å². The van der Waals surface area contributed by atoms with Gasteiger partial charge in [0.2, 0.25) is 5.91 Å². The molecule has 1 atom stereocenters. The van der Waals surface area contributed by atoms with Crippen LogP contribution in [0.2, 0.25) is 5.02 Å². The lowest BCUT2D eigenvalue weighted by Crippen LogP contribution is -2.30. The van der Waals surface area contributed by atoms with Crippen molar-refractivity contribution in [2.45, 2.75) is 26.2 Å². The van der Waals surface area contributed by atoms with Crippen molar-refractivity contribution in [1.29, 1.82) is 0 Å². The average Bonchev–Trinajstić information content (AvgIpc) is 2.49. The van der Waals surface area contributed by atoms with Gasteiger partial charge in [-0.1, -0.05) is 43.6 Å². The fourth-order valence-electron chi connectivity index (χ4n) is 2.33. The number of nitrogens with one attached hydrogen (secondary N) is 1. The first-order chi connectivity index (χ1) is 10.6. The third kappa shape index (κ3) is 4.85. The maximum atomic E-state index is 11.9. The van der Waals surface area contributed by atoms with Gasteiger partial charge in [-0.15, -0.1) is 0 Å². The van der Waals surface area contributed by atoms with Gasteiger partial charge in [0.05, 0.1) is 0 Å². The molecule has 3 nitrogen and oxygen atoms in total. The number of pyridine rings is 1. The van der Waals surface area contributed by atoms with Crippen LogP contribution in [0.25, 0.3) is 0 Å². The van der Waals surface area contributed by atoms with Crippen LogP contribution in [0.15, 0.2) is 48.7 Å². The van der Waals surface area contributed by atoms with Gasteiger partial charge in [-0.25, -0.2) is 0 Å². The first kappa shape index (κ1) is 16.5. The van der Waals surface area contributed by atoms with E-state index in [0.29, 0.717) is 23.9 Å². The van der Waals surface area contributed by atoms with E-state index in [4.69, 9.17) is 11.6 Å². The van der Waals surface area contributed by atoms with E-state index >= 15 is 0 Å². The molecule has 0 saturated heterocycles. The summed E-state index contributed by atoms with van der Waals surface area (Å²) in [6.07, 6.45) is 2.31. The van der Waals surface area contributed by atoms with Crippen molar-refractivity contribution in [3.8, 4) is 0 Å². The number of rotatable bonds is 6. The summed E-state index contributed by atoms with van der Waals surface area (Å²) in [6, 6.07) is 13.5. The van der Waals surface area contributed by atoms with E-state index in [9.17, 15) is 4.79 Å². The highest BCUT2D eigenvalue weighted by Gasteiger charge is 2.17. The Morgan fingerprint density at radius 2 is 1.91 bits per heavy atom. The van der Waals surface area contributed by atoms with Crippen LogP contribution in [0.5, 0.6) is 0 Å². The number of carbonyl (C=O) groups excluding carboxylic acids is 1. The van der Waals surface area contributed by atoms with Gasteiger partial charge in [0.1, 0.15) is 0 Å². The summed E-state index contributed by atoms with van der Waals surface area (Å²) in [6.45, 7) is 4.61. The summed E-state index contributed by atoms with van der Waals surface area (Å²) in [5.74, 6) is 0.448. The van der Waals surface area contributed by atoms with Crippen LogP contribution in [0.4, 0.5) is 0 Å². The maximum Gasteiger partial charge on any atom is 0.220 e. The second-order valence-electron chi connectivity index (χ2n) is 5.76. The minimum Gasteiger partial charge on any atom is -0.355 e. The molecule has 0 fully saturated rings. The minimum absolute atomic E-state index is 0.0228. The van der Waals surface area contributed by atoms with Crippen molar-refractivity contribution >= 4 is 17.5 Å². The van der Waals surface area contributed by atoms with Crippen LogP contribution in [0, 0.1) is 5.92 Å². The van der Waals surface area contributed by atoms with E-state index in [-0.39, 0.29) is 11.8 Å². The van der Waals surface area contributed by atoms with Crippen molar-refractivity contribution in [3.63, 3.8) is 0 Å². The monoisotopic (exact) mass is 316 g/mol. The molecular weight excluding hydrogens is 296 g/mol. The average molecular weight is 317 g/mol. The summed E-state index contributed by atoms with van der Waals surface area (Å²) in [7, 11) is 0. The van der Waals surface area contributed by atoms with Crippen molar-refractivity contribution in [2.24, 2.45) is 5.92 Å². The topological polar surface area (TPSA) is 42.0 Å². The molecule has 1 heterocycles. The van der Waals surface area contributed by atoms with Crippen LogP contribution in [-0.2, 0) is 4.79 Å². The minimum atomic E-state index is 0.0228. The summed E-state index contributed by atoms with van der Waals surface area (Å²) >= 11 is 5.96. The van der Waals surface area contributed by atoms with Crippen LogP contribution in [0.3, 0.4) is 0 Å². The Morgan fingerprint density at radius 1 is 1.18 bits per heavy atom. The molecule has 1 aromatic heterocycles. The first-order valence-electron chi connectivity index (χ1n) is 7.49. The van der Waals surface area contributed by atoms with Gasteiger partial charge in [0, 0.05) is 35.8 Å². The third-order valence-corrected chi connectivity index (χ3v) is 3.67. The van der Waals surface area contributed by atoms with Gasteiger partial charge in [-0.3, -0.25) is 9.78 Å². The number of hydrogen-bond donors (Lipinski definition) is 1. The standard InChI is InChI=1S/C18H21ClN2O/c1-13(2)11-18(22)21-12-16(17-5-3-4-10-20-17)14-6-8-15(19)9-7-14/h3-10,13,16H,11-12H2,1-2H3,(H,21,22). The predicted octanol–water partition coefficient (Wildman–Crippen LogP) is 4.03. The van der Waals surface area contributed by atoms with E-state index < -0.39 is 0 Å². The molecule has 0 aliphatic carbocycles. The lowest BCUT2D eigenvalue weighted by Gasteiger charge is -2.18. The van der Waals surface area contributed by atoms with Gasteiger partial charge in [0.15, 0.2) is 0 Å². The molecule has 2 rings (SSSR count). The summed E-state index contributed by atoms with van der Waals surface area (Å²) < 4.78 is 0. The number of hydrogen-bond acceptors (Lipinski definition) is 2. The molecule has 0 spiro atoms. The molecule has 0 bridgehead atoms. The molecule has 0 radical (unpaired) electrons. The summed E-state index contributed by atoms with van der Waals surface area (Å²) in [5, 5.41) is 3.72. The van der Waals surface area contributed by atoms with Gasteiger partial charge in [0.25, 0.3) is 0 Å². The molecular formula is C18H21ClN2O. The summed E-state index contributed by atoms with van der Waals surface area (Å²) in [4.78, 5) is 16.4. The smallest absolute Gasteiger partial charge is 0.220 e. The zero-order valence-corrected chi connectivity index (χ0v) is 13.7. The van der Waals surface area contributed by atoms with Crippen LogP contribution in [0.1, 0.15) is 37.4 Å². The largest absolute Gasteiger partial charge is 0.355 e.